The molecule has 1 rings (SSSR count). The highest BCUT2D eigenvalue weighted by atomic mass is 35.5. The summed E-state index contributed by atoms with van der Waals surface area (Å²) >= 11 is 0. The number of carbonyl (C=O) groups excluding carboxylic acids is 1. The summed E-state index contributed by atoms with van der Waals surface area (Å²) in [5.74, 6) is 1.31. The molecule has 0 radical (unpaired) electrons. The molecule has 0 atom stereocenters. The molecule has 0 unspecified atom stereocenters. The monoisotopic (exact) mass is 274 g/mol. The summed E-state index contributed by atoms with van der Waals surface area (Å²) in [7, 11) is 4.89. The van der Waals surface area contributed by atoms with E-state index in [-0.39, 0.29) is 24.9 Å². The van der Waals surface area contributed by atoms with Crippen molar-refractivity contribution in [2.45, 2.75) is 6.54 Å². The number of hydrogen-bond acceptors (Lipinski definition) is 4. The van der Waals surface area contributed by atoms with Crippen LogP contribution in [0.5, 0.6) is 11.5 Å². The van der Waals surface area contributed by atoms with Crippen LogP contribution in [0.1, 0.15) is 5.56 Å². The quantitative estimate of drug-likeness (QED) is 0.871. The van der Waals surface area contributed by atoms with Crippen LogP contribution >= 0.6 is 12.4 Å². The first-order chi connectivity index (χ1) is 8.12. The van der Waals surface area contributed by atoms with E-state index in [4.69, 9.17) is 15.2 Å². The van der Waals surface area contributed by atoms with E-state index in [1.165, 1.54) is 0 Å². The number of rotatable bonds is 5. The number of amides is 1. The van der Waals surface area contributed by atoms with Gasteiger partial charge in [-0.25, -0.2) is 0 Å². The van der Waals surface area contributed by atoms with Crippen LogP contribution in [0, 0.1) is 0 Å². The van der Waals surface area contributed by atoms with E-state index >= 15 is 0 Å². The standard InChI is InChI=1S/C12H18N2O3.ClH/c1-14(12(15)7-13)8-9-4-5-10(16-2)6-11(9)17-3;/h4-6H,7-8,13H2,1-3H3;1H. The number of carbonyl (C=O) groups is 1. The predicted molar refractivity (Wildman–Crippen MR) is 72.3 cm³/mol. The van der Waals surface area contributed by atoms with Crippen LogP contribution in [0.3, 0.4) is 0 Å². The Morgan fingerprint density at radius 2 is 2.00 bits per heavy atom. The highest BCUT2D eigenvalue weighted by Crippen LogP contribution is 2.25. The average Bonchev–Trinajstić information content (AvgIpc) is 2.37. The van der Waals surface area contributed by atoms with Crippen molar-refractivity contribution < 1.29 is 14.3 Å². The van der Waals surface area contributed by atoms with E-state index in [9.17, 15) is 4.79 Å². The Morgan fingerprint density at radius 3 is 2.50 bits per heavy atom. The van der Waals surface area contributed by atoms with Crippen molar-refractivity contribution in [1.29, 1.82) is 0 Å². The summed E-state index contributed by atoms with van der Waals surface area (Å²) in [6.45, 7) is 0.470. The van der Waals surface area contributed by atoms with E-state index in [0.717, 1.165) is 11.3 Å². The fraction of sp³-hybridized carbons (Fsp3) is 0.417. The van der Waals surface area contributed by atoms with Crippen molar-refractivity contribution >= 4 is 18.3 Å². The Labute approximate surface area is 113 Å². The van der Waals surface area contributed by atoms with Crippen molar-refractivity contribution in [2.75, 3.05) is 27.8 Å². The molecule has 5 nitrogen and oxygen atoms in total. The lowest BCUT2D eigenvalue weighted by molar-refractivity contribution is -0.128. The minimum Gasteiger partial charge on any atom is -0.497 e. The molecule has 6 heteroatoms. The minimum atomic E-state index is -0.108. The summed E-state index contributed by atoms with van der Waals surface area (Å²) in [6.07, 6.45) is 0. The first-order valence-corrected chi connectivity index (χ1v) is 5.27. The molecule has 0 spiro atoms. The zero-order chi connectivity index (χ0) is 12.8. The Hall–Kier alpha value is -1.46. The van der Waals surface area contributed by atoms with E-state index < -0.39 is 0 Å². The van der Waals surface area contributed by atoms with Crippen molar-refractivity contribution in [1.82, 2.24) is 4.90 Å². The zero-order valence-corrected chi connectivity index (χ0v) is 11.6. The van der Waals surface area contributed by atoms with E-state index in [0.29, 0.717) is 12.3 Å². The van der Waals surface area contributed by atoms with Gasteiger partial charge in [-0.05, 0) is 12.1 Å². The average molecular weight is 275 g/mol. The van der Waals surface area contributed by atoms with Gasteiger partial charge in [0.2, 0.25) is 5.91 Å². The number of likely N-dealkylation sites (N-methyl/N-ethyl adjacent to an activating group) is 1. The molecule has 0 saturated carbocycles. The predicted octanol–water partition coefficient (Wildman–Crippen LogP) is 1.04. The summed E-state index contributed by atoms with van der Waals surface area (Å²) in [5.41, 5.74) is 6.21. The third kappa shape index (κ3) is 4.09. The zero-order valence-electron chi connectivity index (χ0n) is 10.8. The molecule has 1 aromatic rings. The summed E-state index contributed by atoms with van der Waals surface area (Å²) in [5, 5.41) is 0. The SMILES string of the molecule is COc1ccc(CN(C)C(=O)CN)c(OC)c1.Cl. The van der Waals surface area contributed by atoms with E-state index in [1.54, 1.807) is 32.2 Å². The largest absolute Gasteiger partial charge is 0.497 e. The lowest BCUT2D eigenvalue weighted by atomic mass is 10.2. The van der Waals surface area contributed by atoms with Gasteiger partial charge in [-0.1, -0.05) is 0 Å². The Balaban J connectivity index is 0.00000289. The van der Waals surface area contributed by atoms with Gasteiger partial charge in [0.15, 0.2) is 0 Å². The molecule has 0 aliphatic heterocycles. The maximum Gasteiger partial charge on any atom is 0.236 e. The molecule has 0 fully saturated rings. The second-order valence-corrected chi connectivity index (χ2v) is 3.63. The van der Waals surface area contributed by atoms with Crippen LogP contribution in [0.15, 0.2) is 18.2 Å². The molecule has 102 valence electrons. The van der Waals surface area contributed by atoms with Crippen LogP contribution in [0.25, 0.3) is 0 Å². The van der Waals surface area contributed by atoms with Crippen LogP contribution < -0.4 is 15.2 Å². The third-order valence-electron chi connectivity index (χ3n) is 2.50. The van der Waals surface area contributed by atoms with Crippen molar-refractivity contribution in [3.8, 4) is 11.5 Å². The Bertz CT molecular complexity index is 399. The normalized spacial score (nSPS) is 9.33. The van der Waals surface area contributed by atoms with Crippen LogP contribution in [-0.2, 0) is 11.3 Å². The van der Waals surface area contributed by atoms with Crippen molar-refractivity contribution in [2.24, 2.45) is 5.73 Å². The highest BCUT2D eigenvalue weighted by molar-refractivity contribution is 5.85. The second kappa shape index (κ2) is 7.79. The molecular weight excluding hydrogens is 256 g/mol. The first-order valence-electron chi connectivity index (χ1n) is 5.27. The van der Waals surface area contributed by atoms with Crippen molar-refractivity contribution in [3.05, 3.63) is 23.8 Å². The second-order valence-electron chi connectivity index (χ2n) is 3.63. The molecule has 0 aliphatic carbocycles. The number of nitrogens with two attached hydrogens (primary N) is 1. The fourth-order valence-corrected chi connectivity index (χ4v) is 1.48. The minimum absolute atomic E-state index is 0. The maximum atomic E-state index is 11.4. The smallest absolute Gasteiger partial charge is 0.236 e. The number of methoxy groups -OCH3 is 2. The van der Waals surface area contributed by atoms with Gasteiger partial charge < -0.3 is 20.1 Å². The van der Waals surface area contributed by atoms with Gasteiger partial charge in [0.05, 0.1) is 20.8 Å². The molecule has 0 aliphatic rings. The van der Waals surface area contributed by atoms with E-state index in [1.807, 2.05) is 12.1 Å². The number of nitrogens with zero attached hydrogens (tertiary/aromatic N) is 1. The van der Waals surface area contributed by atoms with Crippen LogP contribution in [0.2, 0.25) is 0 Å². The lowest BCUT2D eigenvalue weighted by Gasteiger charge is -2.18. The van der Waals surface area contributed by atoms with Gasteiger partial charge in [-0.3, -0.25) is 4.79 Å². The fourth-order valence-electron chi connectivity index (χ4n) is 1.48. The Morgan fingerprint density at radius 1 is 1.33 bits per heavy atom. The van der Waals surface area contributed by atoms with Gasteiger partial charge in [0, 0.05) is 25.2 Å². The Kier molecular flexibility index (Phi) is 7.16. The molecule has 0 aromatic heterocycles. The van der Waals surface area contributed by atoms with Gasteiger partial charge in [0.25, 0.3) is 0 Å². The van der Waals surface area contributed by atoms with Crippen LogP contribution in [-0.4, -0.2) is 38.6 Å². The van der Waals surface area contributed by atoms with Gasteiger partial charge in [-0.2, -0.15) is 0 Å². The molecule has 2 N–H and O–H groups in total. The van der Waals surface area contributed by atoms with Crippen LogP contribution in [0.4, 0.5) is 0 Å². The molecular formula is C12H19ClN2O3. The number of hydrogen-bond donors (Lipinski definition) is 1. The van der Waals surface area contributed by atoms with Gasteiger partial charge >= 0.3 is 0 Å². The number of benzene rings is 1. The first kappa shape index (κ1) is 16.5. The topological polar surface area (TPSA) is 64.8 Å². The number of halogens is 1. The molecule has 18 heavy (non-hydrogen) atoms. The van der Waals surface area contributed by atoms with E-state index in [2.05, 4.69) is 0 Å². The van der Waals surface area contributed by atoms with Crippen molar-refractivity contribution in [3.63, 3.8) is 0 Å². The third-order valence-corrected chi connectivity index (χ3v) is 2.50. The van der Waals surface area contributed by atoms with Gasteiger partial charge in [0.1, 0.15) is 11.5 Å². The molecule has 1 amide bonds. The molecule has 1 aromatic carbocycles. The highest BCUT2D eigenvalue weighted by Gasteiger charge is 2.11. The number of ether oxygens (including phenoxy) is 2. The lowest BCUT2D eigenvalue weighted by Crippen LogP contribution is -2.32. The van der Waals surface area contributed by atoms with Gasteiger partial charge in [-0.15, -0.1) is 12.4 Å². The summed E-state index contributed by atoms with van der Waals surface area (Å²) in [4.78, 5) is 12.9. The summed E-state index contributed by atoms with van der Waals surface area (Å²) in [6, 6.07) is 5.49. The molecule has 0 saturated heterocycles. The molecule has 0 bridgehead atoms. The summed E-state index contributed by atoms with van der Waals surface area (Å²) < 4.78 is 10.4. The maximum absolute atomic E-state index is 11.4. The molecule has 0 heterocycles.